The molecule has 0 aliphatic heterocycles. The molecule has 2 rings (SSSR count). The van der Waals surface area contributed by atoms with E-state index >= 15 is 0 Å². The van der Waals surface area contributed by atoms with Crippen molar-refractivity contribution >= 4 is 50.6 Å². The molecule has 5 heteroatoms. The third-order valence-electron chi connectivity index (χ3n) is 2.35. The van der Waals surface area contributed by atoms with E-state index in [-0.39, 0.29) is 5.91 Å². The normalized spacial score (nSPS) is 10.6. The third kappa shape index (κ3) is 4.14. The SMILES string of the molecule is O=C(NN=Cc1cccc(Br)c1)c1ccccc1I. The van der Waals surface area contributed by atoms with E-state index in [0.29, 0.717) is 5.56 Å². The van der Waals surface area contributed by atoms with Crippen molar-refractivity contribution in [2.75, 3.05) is 0 Å². The second-order valence-electron chi connectivity index (χ2n) is 3.73. The summed E-state index contributed by atoms with van der Waals surface area (Å²) in [5.41, 5.74) is 4.05. The molecule has 0 heterocycles. The molecule has 19 heavy (non-hydrogen) atoms. The summed E-state index contributed by atoms with van der Waals surface area (Å²) in [4.78, 5) is 11.9. The molecule has 0 spiro atoms. The maximum absolute atomic E-state index is 11.9. The molecule has 0 saturated heterocycles. The van der Waals surface area contributed by atoms with E-state index in [1.54, 1.807) is 12.3 Å². The van der Waals surface area contributed by atoms with Crippen LogP contribution in [0, 0.1) is 3.57 Å². The number of hydrazone groups is 1. The van der Waals surface area contributed by atoms with Crippen LogP contribution >= 0.6 is 38.5 Å². The Morgan fingerprint density at radius 2 is 2.00 bits per heavy atom. The van der Waals surface area contributed by atoms with Gasteiger partial charge in [-0.15, -0.1) is 0 Å². The molecular formula is C14H10BrIN2O. The fourth-order valence-electron chi connectivity index (χ4n) is 1.46. The number of nitrogens with zero attached hydrogens (tertiary/aromatic N) is 1. The fraction of sp³-hybridized carbons (Fsp3) is 0. The molecule has 0 atom stereocenters. The van der Waals surface area contributed by atoms with Crippen LogP contribution in [0.3, 0.4) is 0 Å². The number of nitrogens with one attached hydrogen (secondary N) is 1. The molecule has 0 unspecified atom stereocenters. The Balaban J connectivity index is 2.03. The molecule has 2 aromatic rings. The van der Waals surface area contributed by atoms with Gasteiger partial charge in [-0.1, -0.05) is 40.2 Å². The molecule has 96 valence electrons. The van der Waals surface area contributed by atoms with E-state index < -0.39 is 0 Å². The number of halogens is 2. The summed E-state index contributed by atoms with van der Waals surface area (Å²) in [6.45, 7) is 0. The first-order valence-electron chi connectivity index (χ1n) is 5.50. The van der Waals surface area contributed by atoms with Crippen molar-refractivity contribution < 1.29 is 4.79 Å². The lowest BCUT2D eigenvalue weighted by Gasteiger charge is -2.01. The van der Waals surface area contributed by atoms with Crippen LogP contribution in [0.15, 0.2) is 58.1 Å². The zero-order valence-electron chi connectivity index (χ0n) is 9.81. The Labute approximate surface area is 133 Å². The van der Waals surface area contributed by atoms with Gasteiger partial charge in [0.2, 0.25) is 0 Å². The number of hydrogen-bond acceptors (Lipinski definition) is 2. The van der Waals surface area contributed by atoms with Crippen molar-refractivity contribution in [3.05, 3.63) is 67.7 Å². The van der Waals surface area contributed by atoms with Gasteiger partial charge in [0.15, 0.2) is 0 Å². The predicted octanol–water partition coefficient (Wildman–Crippen LogP) is 3.82. The highest BCUT2D eigenvalue weighted by molar-refractivity contribution is 14.1. The number of hydrogen-bond donors (Lipinski definition) is 1. The average molecular weight is 429 g/mol. The molecule has 3 nitrogen and oxygen atoms in total. The highest BCUT2D eigenvalue weighted by atomic mass is 127. The van der Waals surface area contributed by atoms with Crippen LogP contribution in [-0.4, -0.2) is 12.1 Å². The first-order chi connectivity index (χ1) is 9.16. The maximum atomic E-state index is 11.9. The number of benzene rings is 2. The molecule has 0 saturated carbocycles. The quantitative estimate of drug-likeness (QED) is 0.450. The summed E-state index contributed by atoms with van der Waals surface area (Å²) in [7, 11) is 0. The fourth-order valence-corrected chi connectivity index (χ4v) is 2.51. The van der Waals surface area contributed by atoms with E-state index in [2.05, 4.69) is 49.0 Å². The van der Waals surface area contributed by atoms with Gasteiger partial charge in [-0.05, 0) is 52.4 Å². The van der Waals surface area contributed by atoms with Crippen LogP contribution in [0.4, 0.5) is 0 Å². The van der Waals surface area contributed by atoms with Crippen molar-refractivity contribution in [2.45, 2.75) is 0 Å². The maximum Gasteiger partial charge on any atom is 0.272 e. The second kappa shape index (κ2) is 6.81. The average Bonchev–Trinajstić information content (AvgIpc) is 2.39. The highest BCUT2D eigenvalue weighted by Gasteiger charge is 2.07. The van der Waals surface area contributed by atoms with Crippen molar-refractivity contribution in [3.63, 3.8) is 0 Å². The Morgan fingerprint density at radius 3 is 2.74 bits per heavy atom. The Bertz CT molecular complexity index is 628. The van der Waals surface area contributed by atoms with Gasteiger partial charge < -0.3 is 0 Å². The van der Waals surface area contributed by atoms with Gasteiger partial charge in [0.1, 0.15) is 0 Å². The predicted molar refractivity (Wildman–Crippen MR) is 88.4 cm³/mol. The van der Waals surface area contributed by atoms with E-state index in [1.807, 2.05) is 42.5 Å². The molecule has 0 fully saturated rings. The van der Waals surface area contributed by atoms with Crippen molar-refractivity contribution in [1.29, 1.82) is 0 Å². The van der Waals surface area contributed by atoms with Gasteiger partial charge in [0, 0.05) is 8.04 Å². The smallest absolute Gasteiger partial charge is 0.267 e. The summed E-state index contributed by atoms with van der Waals surface area (Å²) in [5, 5.41) is 3.95. The Morgan fingerprint density at radius 1 is 1.21 bits per heavy atom. The second-order valence-corrected chi connectivity index (χ2v) is 5.81. The first-order valence-corrected chi connectivity index (χ1v) is 7.37. The zero-order valence-corrected chi connectivity index (χ0v) is 13.6. The topological polar surface area (TPSA) is 41.5 Å². The van der Waals surface area contributed by atoms with E-state index in [1.165, 1.54) is 0 Å². The molecule has 0 bridgehead atoms. The summed E-state index contributed by atoms with van der Waals surface area (Å²) in [6.07, 6.45) is 1.61. The molecule has 0 aliphatic carbocycles. The van der Waals surface area contributed by atoms with Gasteiger partial charge in [0.05, 0.1) is 11.8 Å². The molecule has 0 aromatic heterocycles. The lowest BCUT2D eigenvalue weighted by molar-refractivity contribution is 0.0954. The molecule has 0 radical (unpaired) electrons. The zero-order chi connectivity index (χ0) is 13.7. The molecule has 0 aliphatic rings. The van der Waals surface area contributed by atoms with E-state index in [9.17, 15) is 4.79 Å². The lowest BCUT2D eigenvalue weighted by Crippen LogP contribution is -2.18. The number of carbonyl (C=O) groups is 1. The first kappa shape index (κ1) is 14.2. The van der Waals surface area contributed by atoms with Gasteiger partial charge in [-0.3, -0.25) is 4.79 Å². The van der Waals surface area contributed by atoms with Crippen LogP contribution in [0.2, 0.25) is 0 Å². The minimum absolute atomic E-state index is 0.212. The minimum Gasteiger partial charge on any atom is -0.267 e. The standard InChI is InChI=1S/C14H10BrIN2O/c15-11-5-3-4-10(8-11)9-17-18-14(19)12-6-1-2-7-13(12)16/h1-9H,(H,18,19). The summed E-state index contributed by atoms with van der Waals surface area (Å²) in [6, 6.07) is 15.0. The Kier molecular flexibility index (Phi) is 5.09. The molecule has 1 N–H and O–H groups in total. The molecular weight excluding hydrogens is 419 g/mol. The number of amides is 1. The van der Waals surface area contributed by atoms with E-state index in [4.69, 9.17) is 0 Å². The number of carbonyl (C=O) groups excluding carboxylic acids is 1. The minimum atomic E-state index is -0.212. The van der Waals surface area contributed by atoms with Crippen LogP contribution in [0.25, 0.3) is 0 Å². The monoisotopic (exact) mass is 428 g/mol. The largest absolute Gasteiger partial charge is 0.272 e. The van der Waals surface area contributed by atoms with Crippen molar-refractivity contribution in [1.82, 2.24) is 5.43 Å². The van der Waals surface area contributed by atoms with Crippen LogP contribution < -0.4 is 5.43 Å². The highest BCUT2D eigenvalue weighted by Crippen LogP contribution is 2.11. The molecule has 1 amide bonds. The van der Waals surface area contributed by atoms with Crippen molar-refractivity contribution in [3.8, 4) is 0 Å². The van der Waals surface area contributed by atoms with E-state index in [0.717, 1.165) is 13.6 Å². The Hall–Kier alpha value is -1.21. The van der Waals surface area contributed by atoms with Gasteiger partial charge >= 0.3 is 0 Å². The summed E-state index contributed by atoms with van der Waals surface area (Å²) in [5.74, 6) is -0.212. The van der Waals surface area contributed by atoms with Gasteiger partial charge in [-0.2, -0.15) is 5.10 Å². The van der Waals surface area contributed by atoms with Crippen molar-refractivity contribution in [2.24, 2.45) is 5.10 Å². The van der Waals surface area contributed by atoms with Gasteiger partial charge in [-0.25, -0.2) is 5.43 Å². The molecule has 2 aromatic carbocycles. The van der Waals surface area contributed by atoms with Gasteiger partial charge in [0.25, 0.3) is 5.91 Å². The van der Waals surface area contributed by atoms with Crippen LogP contribution in [-0.2, 0) is 0 Å². The number of rotatable bonds is 3. The summed E-state index contributed by atoms with van der Waals surface area (Å²) < 4.78 is 1.87. The van der Waals surface area contributed by atoms with Crippen LogP contribution in [0.1, 0.15) is 15.9 Å². The summed E-state index contributed by atoms with van der Waals surface area (Å²) >= 11 is 5.50. The lowest BCUT2D eigenvalue weighted by atomic mass is 10.2. The third-order valence-corrected chi connectivity index (χ3v) is 3.78. The van der Waals surface area contributed by atoms with Crippen LogP contribution in [0.5, 0.6) is 0 Å².